The normalized spacial score (nSPS) is 14.5. The van der Waals surface area contributed by atoms with Gasteiger partial charge in [-0.05, 0) is 19.8 Å². The maximum atomic E-state index is 12.5. The summed E-state index contributed by atoms with van der Waals surface area (Å²) in [6, 6.07) is 1.89. The third-order valence-corrected chi connectivity index (χ3v) is 4.09. The standard InChI is InChI=1S/C20H25N3O4/c1-12(2)11-27-19(25)15-13(3)22-17-16(15)14(10-23(5)18(17)24)6-7-20(4,26)8-9-21/h10,12,19,22,25-26H,8,11H2,1-5H3. The lowest BCUT2D eigenvalue weighted by Gasteiger charge is -2.15. The molecule has 2 heterocycles. The molecule has 7 heteroatoms. The second kappa shape index (κ2) is 7.98. The molecule has 0 saturated heterocycles. The Balaban J connectivity index is 2.68. The molecule has 0 aromatic carbocycles. The molecule has 0 aliphatic rings. The molecular weight excluding hydrogens is 346 g/mol. The van der Waals surface area contributed by atoms with Gasteiger partial charge in [0.25, 0.3) is 5.56 Å². The zero-order valence-electron chi connectivity index (χ0n) is 16.3. The molecule has 144 valence electrons. The van der Waals surface area contributed by atoms with E-state index in [0.717, 1.165) is 0 Å². The first-order chi connectivity index (χ1) is 12.6. The van der Waals surface area contributed by atoms with Crippen LogP contribution in [0.3, 0.4) is 0 Å². The number of hydrogen-bond acceptors (Lipinski definition) is 5. The van der Waals surface area contributed by atoms with E-state index in [1.165, 1.54) is 11.5 Å². The van der Waals surface area contributed by atoms with E-state index in [9.17, 15) is 15.0 Å². The van der Waals surface area contributed by atoms with Gasteiger partial charge < -0.3 is 24.5 Å². The SMILES string of the molecule is Cc1[nH]c2c(=O)n(C)cc(C#CC(C)(O)CC#N)c2c1C(O)OCC(C)C. The van der Waals surface area contributed by atoms with Crippen LogP contribution in [0.1, 0.15) is 50.3 Å². The highest BCUT2D eigenvalue weighted by Crippen LogP contribution is 2.30. The van der Waals surface area contributed by atoms with Crippen molar-refractivity contribution in [2.24, 2.45) is 13.0 Å². The lowest BCUT2D eigenvalue weighted by atomic mass is 10.0. The average molecular weight is 371 g/mol. The van der Waals surface area contributed by atoms with Gasteiger partial charge in [0.2, 0.25) is 0 Å². The summed E-state index contributed by atoms with van der Waals surface area (Å²) in [6.07, 6.45) is 0.188. The first-order valence-corrected chi connectivity index (χ1v) is 8.71. The van der Waals surface area contributed by atoms with Crippen molar-refractivity contribution >= 4 is 10.9 Å². The van der Waals surface area contributed by atoms with Crippen LogP contribution in [0, 0.1) is 36.0 Å². The summed E-state index contributed by atoms with van der Waals surface area (Å²) in [6.45, 7) is 7.50. The van der Waals surface area contributed by atoms with Crippen LogP contribution in [0.4, 0.5) is 0 Å². The van der Waals surface area contributed by atoms with Crippen LogP contribution < -0.4 is 5.56 Å². The zero-order valence-corrected chi connectivity index (χ0v) is 16.3. The third kappa shape index (κ3) is 4.58. The van der Waals surface area contributed by atoms with E-state index >= 15 is 0 Å². The number of ether oxygens (including phenoxy) is 1. The molecule has 0 aliphatic heterocycles. The predicted molar refractivity (Wildman–Crippen MR) is 102 cm³/mol. The Morgan fingerprint density at radius 2 is 2.11 bits per heavy atom. The number of nitriles is 1. The second-order valence-electron chi connectivity index (χ2n) is 7.31. The lowest BCUT2D eigenvalue weighted by molar-refractivity contribution is -0.110. The minimum atomic E-state index is -1.48. The monoisotopic (exact) mass is 371 g/mol. The Bertz CT molecular complexity index is 997. The molecule has 7 nitrogen and oxygen atoms in total. The first-order valence-electron chi connectivity index (χ1n) is 8.71. The Morgan fingerprint density at radius 3 is 2.70 bits per heavy atom. The summed E-state index contributed by atoms with van der Waals surface area (Å²) in [5.74, 6) is 5.76. The number of hydrogen-bond donors (Lipinski definition) is 3. The van der Waals surface area contributed by atoms with Gasteiger partial charge in [-0.1, -0.05) is 25.7 Å². The number of rotatable bonds is 5. The molecule has 0 amide bonds. The van der Waals surface area contributed by atoms with Crippen LogP contribution in [0.5, 0.6) is 0 Å². The van der Waals surface area contributed by atoms with E-state index in [1.54, 1.807) is 20.2 Å². The van der Waals surface area contributed by atoms with E-state index < -0.39 is 11.9 Å². The molecule has 0 aliphatic carbocycles. The lowest BCUT2D eigenvalue weighted by Crippen LogP contribution is -2.20. The molecule has 0 bridgehead atoms. The van der Waals surface area contributed by atoms with Crippen molar-refractivity contribution in [3.05, 3.63) is 33.4 Å². The number of aromatic nitrogens is 2. The van der Waals surface area contributed by atoms with Crippen LogP contribution in [0.15, 0.2) is 11.0 Å². The molecule has 0 fully saturated rings. The Kier molecular flexibility index (Phi) is 6.12. The maximum absolute atomic E-state index is 12.5. The number of fused-ring (bicyclic) bond motifs is 1. The van der Waals surface area contributed by atoms with Crippen LogP contribution in [-0.4, -0.2) is 32.0 Å². The summed E-state index contributed by atoms with van der Waals surface area (Å²) in [5, 5.41) is 30.0. The molecule has 3 N–H and O–H groups in total. The number of pyridine rings is 1. The van der Waals surface area contributed by atoms with Crippen molar-refractivity contribution in [3.8, 4) is 17.9 Å². The van der Waals surface area contributed by atoms with Gasteiger partial charge in [0.05, 0.1) is 24.7 Å². The number of nitrogens with zero attached hydrogens (tertiary/aromatic N) is 2. The number of aliphatic hydroxyl groups is 2. The summed E-state index contributed by atoms with van der Waals surface area (Å²) >= 11 is 0. The largest absolute Gasteiger partial charge is 0.377 e. The van der Waals surface area contributed by atoms with Crippen LogP contribution in [0.25, 0.3) is 10.9 Å². The van der Waals surface area contributed by atoms with Gasteiger partial charge in [-0.25, -0.2) is 0 Å². The van der Waals surface area contributed by atoms with Crippen LogP contribution in [0.2, 0.25) is 0 Å². The fourth-order valence-corrected chi connectivity index (χ4v) is 2.74. The fraction of sp³-hybridized carbons (Fsp3) is 0.500. The van der Waals surface area contributed by atoms with E-state index in [0.29, 0.717) is 34.3 Å². The molecule has 27 heavy (non-hydrogen) atoms. The Labute approximate surface area is 158 Å². The highest BCUT2D eigenvalue weighted by molar-refractivity contribution is 5.89. The van der Waals surface area contributed by atoms with E-state index in [-0.39, 0.29) is 17.9 Å². The molecule has 2 unspecified atom stereocenters. The van der Waals surface area contributed by atoms with Crippen molar-refractivity contribution in [1.82, 2.24) is 9.55 Å². The predicted octanol–water partition coefficient (Wildman–Crippen LogP) is 1.85. The second-order valence-corrected chi connectivity index (χ2v) is 7.31. The van der Waals surface area contributed by atoms with E-state index in [2.05, 4.69) is 16.8 Å². The van der Waals surface area contributed by atoms with E-state index in [1.807, 2.05) is 19.9 Å². The van der Waals surface area contributed by atoms with Gasteiger partial charge in [0, 0.05) is 29.9 Å². The highest BCUT2D eigenvalue weighted by Gasteiger charge is 2.23. The van der Waals surface area contributed by atoms with Gasteiger partial charge in [-0.2, -0.15) is 5.26 Å². The molecule has 0 radical (unpaired) electrons. The molecule has 2 atom stereocenters. The topological polar surface area (TPSA) is 111 Å². The highest BCUT2D eigenvalue weighted by atomic mass is 16.6. The summed E-state index contributed by atoms with van der Waals surface area (Å²) in [4.78, 5) is 15.5. The van der Waals surface area contributed by atoms with Crippen molar-refractivity contribution < 1.29 is 14.9 Å². The molecule has 0 spiro atoms. The Morgan fingerprint density at radius 1 is 1.44 bits per heavy atom. The van der Waals surface area contributed by atoms with Gasteiger partial charge in [-0.3, -0.25) is 4.79 Å². The molecule has 0 saturated carbocycles. The smallest absolute Gasteiger partial charge is 0.274 e. The minimum Gasteiger partial charge on any atom is -0.377 e. The number of H-pyrrole nitrogens is 1. The number of aliphatic hydroxyl groups excluding tert-OH is 1. The van der Waals surface area contributed by atoms with Crippen LogP contribution >= 0.6 is 0 Å². The molecule has 2 rings (SSSR count). The molecular formula is C20H25N3O4. The maximum Gasteiger partial charge on any atom is 0.274 e. The van der Waals surface area contributed by atoms with Gasteiger partial charge in [0.15, 0.2) is 6.29 Å². The molecule has 2 aromatic heterocycles. The fourth-order valence-electron chi connectivity index (χ4n) is 2.74. The minimum absolute atomic E-state index is 0.145. The summed E-state index contributed by atoms with van der Waals surface area (Å²) in [7, 11) is 1.60. The average Bonchev–Trinajstić information content (AvgIpc) is 2.92. The third-order valence-electron chi connectivity index (χ3n) is 4.09. The quantitative estimate of drug-likeness (QED) is 0.549. The van der Waals surface area contributed by atoms with E-state index in [4.69, 9.17) is 10.00 Å². The molecule has 2 aromatic rings. The van der Waals surface area contributed by atoms with Crippen LogP contribution in [-0.2, 0) is 11.8 Å². The van der Waals surface area contributed by atoms with Gasteiger partial charge in [-0.15, -0.1) is 0 Å². The zero-order chi connectivity index (χ0) is 20.4. The van der Waals surface area contributed by atoms with Gasteiger partial charge >= 0.3 is 0 Å². The van der Waals surface area contributed by atoms with Gasteiger partial charge in [0.1, 0.15) is 11.1 Å². The Hall–Kier alpha value is -2.58. The number of aromatic amines is 1. The van der Waals surface area contributed by atoms with Crippen molar-refractivity contribution in [1.29, 1.82) is 5.26 Å². The number of nitrogens with one attached hydrogen (secondary N) is 1. The van der Waals surface area contributed by atoms with Crippen molar-refractivity contribution in [2.75, 3.05) is 6.61 Å². The summed E-state index contributed by atoms with van der Waals surface area (Å²) in [5.41, 5.74) is 0.0862. The number of aryl methyl sites for hydroxylation is 2. The first kappa shape index (κ1) is 20.7. The summed E-state index contributed by atoms with van der Waals surface area (Å²) < 4.78 is 6.91. The van der Waals surface area contributed by atoms with Crippen molar-refractivity contribution in [2.45, 2.75) is 46.0 Å². The van der Waals surface area contributed by atoms with Crippen molar-refractivity contribution in [3.63, 3.8) is 0 Å².